The Balaban J connectivity index is 1.37. The molecule has 0 atom stereocenters. The third-order valence-electron chi connectivity index (χ3n) is 5.00. The number of anilines is 2. The molecular formula is C20H24N4O2S. The van der Waals surface area contributed by atoms with Gasteiger partial charge in [0.05, 0.1) is 16.4 Å². The van der Waals surface area contributed by atoms with Crippen molar-refractivity contribution in [1.82, 2.24) is 9.97 Å². The number of fused-ring (bicyclic) bond motifs is 1. The predicted octanol–water partition coefficient (Wildman–Crippen LogP) is 5.67. The third kappa shape index (κ3) is 4.67. The topological polar surface area (TPSA) is 79.3 Å². The summed E-state index contributed by atoms with van der Waals surface area (Å²) in [7, 11) is 0. The minimum absolute atomic E-state index is 0.379. The molecule has 1 aromatic carbocycles. The largest absolute Gasteiger partial charge is 0.456 e. The van der Waals surface area contributed by atoms with Gasteiger partial charge in [0.2, 0.25) is 0 Å². The Bertz CT molecular complexity index is 875. The van der Waals surface area contributed by atoms with Crippen molar-refractivity contribution in [2.45, 2.75) is 38.5 Å². The summed E-state index contributed by atoms with van der Waals surface area (Å²) in [5, 5.41) is 13.3. The summed E-state index contributed by atoms with van der Waals surface area (Å²) >= 11 is 1.65. The van der Waals surface area contributed by atoms with E-state index in [1.54, 1.807) is 29.7 Å². The number of hydrogen-bond acceptors (Lipinski definition) is 7. The summed E-state index contributed by atoms with van der Waals surface area (Å²) < 4.78 is 6.93. The number of pyridine rings is 1. The fourth-order valence-electron chi connectivity index (χ4n) is 3.55. The molecule has 1 aliphatic rings. The van der Waals surface area contributed by atoms with Gasteiger partial charge in [-0.2, -0.15) is 0 Å². The number of benzene rings is 1. The molecule has 27 heavy (non-hydrogen) atoms. The average molecular weight is 385 g/mol. The van der Waals surface area contributed by atoms with Crippen molar-refractivity contribution in [3.8, 4) is 11.5 Å². The summed E-state index contributed by atoms with van der Waals surface area (Å²) in [6.45, 7) is 0.991. The summed E-state index contributed by atoms with van der Waals surface area (Å²) in [5.74, 6) is 2.61. The second-order valence-corrected chi connectivity index (χ2v) is 7.99. The molecule has 2 aromatic heterocycles. The molecule has 6 nitrogen and oxygen atoms in total. The van der Waals surface area contributed by atoms with Gasteiger partial charge in [-0.05, 0) is 36.6 Å². The van der Waals surface area contributed by atoms with Crippen molar-refractivity contribution >= 4 is 32.5 Å². The lowest BCUT2D eigenvalue weighted by molar-refractivity contribution is 0.345. The van der Waals surface area contributed by atoms with Gasteiger partial charge >= 0.3 is 0 Å². The minimum atomic E-state index is 0.379. The molecule has 1 aliphatic carbocycles. The van der Waals surface area contributed by atoms with Gasteiger partial charge in [-0.1, -0.05) is 43.4 Å². The van der Waals surface area contributed by atoms with Crippen LogP contribution >= 0.6 is 11.3 Å². The molecule has 4 rings (SSSR count). The molecule has 2 heterocycles. The Morgan fingerprint density at radius 2 is 1.96 bits per heavy atom. The van der Waals surface area contributed by atoms with Gasteiger partial charge in [-0.3, -0.25) is 10.7 Å². The van der Waals surface area contributed by atoms with E-state index in [1.165, 1.54) is 38.5 Å². The smallest absolute Gasteiger partial charge is 0.183 e. The summed E-state index contributed by atoms with van der Waals surface area (Å²) in [4.78, 5) is 8.70. The van der Waals surface area contributed by atoms with Crippen LogP contribution in [0, 0.1) is 5.92 Å². The predicted molar refractivity (Wildman–Crippen MR) is 109 cm³/mol. The van der Waals surface area contributed by atoms with Crippen molar-refractivity contribution in [3.05, 3.63) is 36.5 Å². The molecule has 0 saturated heterocycles. The Labute approximate surface area is 162 Å². The van der Waals surface area contributed by atoms with Crippen LogP contribution in [0.4, 0.5) is 10.9 Å². The van der Waals surface area contributed by atoms with Gasteiger partial charge in [0.1, 0.15) is 17.3 Å². The summed E-state index contributed by atoms with van der Waals surface area (Å²) in [5.41, 5.74) is 2.98. The van der Waals surface area contributed by atoms with Crippen LogP contribution in [0.1, 0.15) is 38.5 Å². The molecule has 142 valence electrons. The van der Waals surface area contributed by atoms with Crippen LogP contribution in [-0.4, -0.2) is 21.7 Å². The van der Waals surface area contributed by atoms with Gasteiger partial charge in [0, 0.05) is 12.6 Å². The molecule has 0 spiro atoms. The van der Waals surface area contributed by atoms with Crippen LogP contribution < -0.4 is 15.5 Å². The Morgan fingerprint density at radius 1 is 1.11 bits per heavy atom. The zero-order valence-corrected chi connectivity index (χ0v) is 16.0. The van der Waals surface area contributed by atoms with E-state index >= 15 is 0 Å². The number of thiazole rings is 1. The molecule has 3 aromatic rings. The number of nitrogens with one attached hydrogen (secondary N) is 2. The maximum absolute atomic E-state index is 8.81. The number of nitrogens with zero attached hydrogens (tertiary/aromatic N) is 2. The second kappa shape index (κ2) is 8.54. The first-order chi connectivity index (χ1) is 13.3. The third-order valence-corrected chi connectivity index (χ3v) is 5.98. The molecule has 7 heteroatoms. The van der Waals surface area contributed by atoms with Crippen molar-refractivity contribution in [2.24, 2.45) is 5.92 Å². The molecule has 1 saturated carbocycles. The van der Waals surface area contributed by atoms with Gasteiger partial charge in [-0.25, -0.2) is 9.97 Å². The minimum Gasteiger partial charge on any atom is -0.456 e. The standard InChI is InChI=1S/C20H24N4O2S/c25-24-19-9-7-16(13-22-19)26-15-6-8-17-18(12-15)27-20(23-17)21-11-10-14-4-2-1-3-5-14/h6-9,12-14,25H,1-5,10-11H2,(H,21,23)(H,22,24). The zero-order chi connectivity index (χ0) is 18.5. The lowest BCUT2D eigenvalue weighted by Gasteiger charge is -2.21. The maximum atomic E-state index is 8.81. The molecule has 3 N–H and O–H groups in total. The Morgan fingerprint density at radius 3 is 2.74 bits per heavy atom. The van der Waals surface area contributed by atoms with E-state index in [4.69, 9.17) is 9.94 Å². The highest BCUT2D eigenvalue weighted by Gasteiger charge is 2.13. The SMILES string of the molecule is ONc1ccc(Oc2ccc3nc(NCCC4CCCCC4)sc3c2)cn1. The number of hydrogen-bond donors (Lipinski definition) is 3. The van der Waals surface area contributed by atoms with Crippen molar-refractivity contribution < 1.29 is 9.94 Å². The van der Waals surface area contributed by atoms with Crippen LogP contribution in [0.3, 0.4) is 0 Å². The van der Waals surface area contributed by atoms with Gasteiger partial charge < -0.3 is 10.1 Å². The quantitative estimate of drug-likeness (QED) is 0.456. The number of rotatable bonds is 7. The average Bonchev–Trinajstić information content (AvgIpc) is 3.11. The molecule has 0 bridgehead atoms. The Hall–Kier alpha value is -2.38. The van der Waals surface area contributed by atoms with Crippen molar-refractivity contribution in [2.75, 3.05) is 17.3 Å². The second-order valence-electron chi connectivity index (χ2n) is 6.96. The fourth-order valence-corrected chi connectivity index (χ4v) is 4.47. The molecule has 0 unspecified atom stereocenters. The normalized spacial score (nSPS) is 15.0. The first-order valence-electron chi connectivity index (χ1n) is 9.48. The van der Waals surface area contributed by atoms with Gasteiger partial charge in [0.25, 0.3) is 0 Å². The van der Waals surface area contributed by atoms with E-state index in [9.17, 15) is 0 Å². The number of aromatic nitrogens is 2. The van der Waals surface area contributed by atoms with Crippen LogP contribution in [0.2, 0.25) is 0 Å². The van der Waals surface area contributed by atoms with E-state index in [1.807, 2.05) is 23.7 Å². The lowest BCUT2D eigenvalue weighted by Crippen LogP contribution is -2.11. The van der Waals surface area contributed by atoms with Crippen LogP contribution in [-0.2, 0) is 0 Å². The zero-order valence-electron chi connectivity index (χ0n) is 15.1. The van der Waals surface area contributed by atoms with Crippen LogP contribution in [0.25, 0.3) is 10.2 Å². The highest BCUT2D eigenvalue weighted by atomic mass is 32.1. The molecule has 1 fully saturated rings. The number of ether oxygens (including phenoxy) is 1. The van der Waals surface area contributed by atoms with Gasteiger partial charge in [-0.15, -0.1) is 0 Å². The van der Waals surface area contributed by atoms with E-state index in [2.05, 4.69) is 15.3 Å². The van der Waals surface area contributed by atoms with Crippen LogP contribution in [0.15, 0.2) is 36.5 Å². The summed E-state index contributed by atoms with van der Waals surface area (Å²) in [6, 6.07) is 9.28. The first kappa shape index (κ1) is 18.0. The van der Waals surface area contributed by atoms with E-state index in [-0.39, 0.29) is 0 Å². The van der Waals surface area contributed by atoms with Gasteiger partial charge in [0.15, 0.2) is 5.13 Å². The maximum Gasteiger partial charge on any atom is 0.183 e. The molecule has 0 amide bonds. The molecular weight excluding hydrogens is 360 g/mol. The van der Waals surface area contributed by atoms with Crippen molar-refractivity contribution in [1.29, 1.82) is 0 Å². The van der Waals surface area contributed by atoms with E-state index in [0.717, 1.165) is 33.6 Å². The highest BCUT2D eigenvalue weighted by Crippen LogP contribution is 2.32. The lowest BCUT2D eigenvalue weighted by atomic mass is 9.87. The summed E-state index contributed by atoms with van der Waals surface area (Å²) in [6.07, 6.45) is 9.75. The fraction of sp³-hybridized carbons (Fsp3) is 0.400. The van der Waals surface area contributed by atoms with Crippen molar-refractivity contribution in [3.63, 3.8) is 0 Å². The van der Waals surface area contributed by atoms with E-state index in [0.29, 0.717) is 11.6 Å². The first-order valence-corrected chi connectivity index (χ1v) is 10.3. The Kier molecular flexibility index (Phi) is 5.69. The van der Waals surface area contributed by atoms with E-state index < -0.39 is 0 Å². The highest BCUT2D eigenvalue weighted by molar-refractivity contribution is 7.22. The monoisotopic (exact) mass is 384 g/mol. The van der Waals surface area contributed by atoms with Crippen LogP contribution in [0.5, 0.6) is 11.5 Å². The molecule has 0 aliphatic heterocycles. The molecule has 0 radical (unpaired) electrons.